The van der Waals surface area contributed by atoms with Crippen LogP contribution in [0.2, 0.25) is 0 Å². The van der Waals surface area contributed by atoms with Crippen LogP contribution in [-0.4, -0.2) is 64.5 Å². The summed E-state index contributed by atoms with van der Waals surface area (Å²) in [6.07, 6.45) is 1.15. The van der Waals surface area contributed by atoms with Gasteiger partial charge in [0.1, 0.15) is 18.1 Å². The van der Waals surface area contributed by atoms with Crippen molar-refractivity contribution in [2.75, 3.05) is 53.6 Å². The van der Waals surface area contributed by atoms with Crippen LogP contribution in [0.25, 0.3) is 0 Å². The lowest BCUT2D eigenvalue weighted by Crippen LogP contribution is -2.40. The molecular weight excluding hydrogens is 306 g/mol. The van der Waals surface area contributed by atoms with Crippen molar-refractivity contribution >= 4 is 5.96 Å². The summed E-state index contributed by atoms with van der Waals surface area (Å²) in [4.78, 5) is 6.99. The van der Waals surface area contributed by atoms with Gasteiger partial charge in [0, 0.05) is 32.7 Å². The lowest BCUT2D eigenvalue weighted by Gasteiger charge is -2.21. The number of nitrogens with one attached hydrogen (secondary N) is 1. The first-order chi connectivity index (χ1) is 11.8. The number of benzene rings is 1. The van der Waals surface area contributed by atoms with Gasteiger partial charge in [0.2, 0.25) is 0 Å². The van der Waals surface area contributed by atoms with Gasteiger partial charge in [-0.05, 0) is 37.6 Å². The molecule has 6 heteroatoms. The van der Waals surface area contributed by atoms with E-state index in [1.165, 1.54) is 0 Å². The molecule has 1 aromatic carbocycles. The first-order valence-corrected chi connectivity index (χ1v) is 8.55. The molecule has 0 radical (unpaired) electrons. The molecule has 0 saturated carbocycles. The van der Waals surface area contributed by atoms with E-state index in [1.807, 2.05) is 24.3 Å². The highest BCUT2D eigenvalue weighted by molar-refractivity contribution is 5.80. The van der Waals surface area contributed by atoms with Crippen molar-refractivity contribution < 1.29 is 14.2 Å². The maximum absolute atomic E-state index is 5.73. The number of methoxy groups -OCH3 is 2. The molecule has 24 heavy (non-hydrogen) atoms. The predicted molar refractivity (Wildman–Crippen MR) is 96.0 cm³/mol. The molecular formula is C18H29N3O3. The molecule has 0 spiro atoms. The number of rotatable bonds is 8. The van der Waals surface area contributed by atoms with E-state index >= 15 is 0 Å². The Labute approximate surface area is 144 Å². The number of ether oxygens (including phenoxy) is 3. The molecule has 1 atom stereocenters. The molecule has 0 aliphatic carbocycles. The smallest absolute Gasteiger partial charge is 0.194 e. The topological polar surface area (TPSA) is 55.3 Å². The maximum Gasteiger partial charge on any atom is 0.194 e. The summed E-state index contributed by atoms with van der Waals surface area (Å²) in [5.74, 6) is 3.22. The fourth-order valence-electron chi connectivity index (χ4n) is 2.81. The van der Waals surface area contributed by atoms with Gasteiger partial charge in [0.15, 0.2) is 5.96 Å². The normalized spacial score (nSPS) is 17.9. The van der Waals surface area contributed by atoms with E-state index in [0.717, 1.165) is 50.1 Å². The van der Waals surface area contributed by atoms with Crippen LogP contribution in [0.5, 0.6) is 11.5 Å². The van der Waals surface area contributed by atoms with Crippen LogP contribution in [0.15, 0.2) is 29.3 Å². The van der Waals surface area contributed by atoms with Crippen molar-refractivity contribution in [3.8, 4) is 11.5 Å². The zero-order valence-corrected chi connectivity index (χ0v) is 15.0. The minimum atomic E-state index is 0.552. The second-order valence-electron chi connectivity index (χ2n) is 5.82. The molecule has 134 valence electrons. The summed E-state index contributed by atoms with van der Waals surface area (Å²) in [5.41, 5.74) is 0. The summed E-state index contributed by atoms with van der Waals surface area (Å²) in [6.45, 7) is 6.97. The Morgan fingerprint density at radius 3 is 2.67 bits per heavy atom. The molecule has 6 nitrogen and oxygen atoms in total. The van der Waals surface area contributed by atoms with Gasteiger partial charge in [-0.25, -0.2) is 4.99 Å². The second-order valence-corrected chi connectivity index (χ2v) is 5.82. The van der Waals surface area contributed by atoms with E-state index in [9.17, 15) is 0 Å². The van der Waals surface area contributed by atoms with E-state index < -0.39 is 0 Å². The second kappa shape index (κ2) is 10.0. The number of guanidine groups is 1. The molecule has 2 rings (SSSR count). The SMILES string of the molecule is CCNC(=NCCOc1ccc(OC)cc1)N1CCC(COC)C1. The zero-order chi connectivity index (χ0) is 17.2. The van der Waals surface area contributed by atoms with Crippen molar-refractivity contribution in [2.45, 2.75) is 13.3 Å². The molecule has 1 fully saturated rings. The third-order valence-electron chi connectivity index (χ3n) is 4.00. The van der Waals surface area contributed by atoms with Gasteiger partial charge in [-0.2, -0.15) is 0 Å². The highest BCUT2D eigenvalue weighted by Crippen LogP contribution is 2.17. The molecule has 1 aliphatic rings. The Hall–Kier alpha value is -1.95. The number of aliphatic imine (C=N–C) groups is 1. The van der Waals surface area contributed by atoms with Crippen LogP contribution in [0.1, 0.15) is 13.3 Å². The van der Waals surface area contributed by atoms with E-state index in [0.29, 0.717) is 19.1 Å². The van der Waals surface area contributed by atoms with Crippen LogP contribution in [-0.2, 0) is 4.74 Å². The number of likely N-dealkylation sites (tertiary alicyclic amines) is 1. The summed E-state index contributed by atoms with van der Waals surface area (Å²) >= 11 is 0. The summed E-state index contributed by atoms with van der Waals surface area (Å²) in [7, 11) is 3.42. The highest BCUT2D eigenvalue weighted by Gasteiger charge is 2.24. The number of hydrogen-bond acceptors (Lipinski definition) is 4. The Kier molecular flexibility index (Phi) is 7.68. The minimum absolute atomic E-state index is 0.552. The van der Waals surface area contributed by atoms with Gasteiger partial charge in [-0.3, -0.25) is 0 Å². The molecule has 1 saturated heterocycles. The van der Waals surface area contributed by atoms with Gasteiger partial charge < -0.3 is 24.4 Å². The third-order valence-corrected chi connectivity index (χ3v) is 4.00. The average molecular weight is 335 g/mol. The lowest BCUT2D eigenvalue weighted by atomic mass is 10.1. The van der Waals surface area contributed by atoms with Crippen LogP contribution < -0.4 is 14.8 Å². The lowest BCUT2D eigenvalue weighted by molar-refractivity contribution is 0.157. The highest BCUT2D eigenvalue weighted by atomic mass is 16.5. The molecule has 1 aliphatic heterocycles. The van der Waals surface area contributed by atoms with Crippen molar-refractivity contribution in [1.82, 2.24) is 10.2 Å². The van der Waals surface area contributed by atoms with Crippen LogP contribution in [0, 0.1) is 5.92 Å². The number of hydrogen-bond donors (Lipinski definition) is 1. The largest absolute Gasteiger partial charge is 0.497 e. The van der Waals surface area contributed by atoms with Gasteiger partial charge in [-0.15, -0.1) is 0 Å². The van der Waals surface area contributed by atoms with Crippen LogP contribution in [0.3, 0.4) is 0 Å². The molecule has 0 bridgehead atoms. The zero-order valence-electron chi connectivity index (χ0n) is 15.0. The van der Waals surface area contributed by atoms with Crippen molar-refractivity contribution in [3.63, 3.8) is 0 Å². The van der Waals surface area contributed by atoms with Gasteiger partial charge in [-0.1, -0.05) is 0 Å². The van der Waals surface area contributed by atoms with Crippen molar-refractivity contribution in [3.05, 3.63) is 24.3 Å². The average Bonchev–Trinajstić information content (AvgIpc) is 3.07. The van der Waals surface area contributed by atoms with E-state index in [4.69, 9.17) is 14.2 Å². The molecule has 0 aromatic heterocycles. The van der Waals surface area contributed by atoms with Crippen LogP contribution in [0.4, 0.5) is 0 Å². The van der Waals surface area contributed by atoms with E-state index in [2.05, 4.69) is 22.1 Å². The molecule has 1 unspecified atom stereocenters. The first kappa shape index (κ1) is 18.4. The Morgan fingerprint density at radius 1 is 1.25 bits per heavy atom. The van der Waals surface area contributed by atoms with Crippen LogP contribution >= 0.6 is 0 Å². The quantitative estimate of drug-likeness (QED) is 0.447. The van der Waals surface area contributed by atoms with E-state index in [-0.39, 0.29) is 0 Å². The Morgan fingerprint density at radius 2 is 2.00 bits per heavy atom. The summed E-state index contributed by atoms with van der Waals surface area (Å²) in [6, 6.07) is 7.60. The Balaban J connectivity index is 1.80. The standard InChI is InChI=1S/C18H29N3O3/c1-4-19-18(21-11-9-15(13-21)14-22-2)20-10-12-24-17-7-5-16(23-3)6-8-17/h5-8,15H,4,9-14H2,1-3H3,(H,19,20). The molecule has 1 aromatic rings. The van der Waals surface area contributed by atoms with Crippen molar-refractivity contribution in [2.24, 2.45) is 10.9 Å². The first-order valence-electron chi connectivity index (χ1n) is 8.55. The van der Waals surface area contributed by atoms with E-state index in [1.54, 1.807) is 14.2 Å². The fourth-order valence-corrected chi connectivity index (χ4v) is 2.81. The third kappa shape index (κ3) is 5.60. The van der Waals surface area contributed by atoms with Crippen molar-refractivity contribution in [1.29, 1.82) is 0 Å². The van der Waals surface area contributed by atoms with Gasteiger partial charge >= 0.3 is 0 Å². The maximum atomic E-state index is 5.73. The minimum Gasteiger partial charge on any atom is -0.497 e. The summed E-state index contributed by atoms with van der Waals surface area (Å²) < 4.78 is 16.1. The predicted octanol–water partition coefficient (Wildman–Crippen LogP) is 2.01. The van der Waals surface area contributed by atoms with Gasteiger partial charge in [0.05, 0.1) is 20.3 Å². The molecule has 1 heterocycles. The summed E-state index contributed by atoms with van der Waals surface area (Å²) in [5, 5.41) is 3.36. The Bertz CT molecular complexity index is 505. The monoisotopic (exact) mass is 335 g/mol. The molecule has 0 amide bonds. The molecule has 1 N–H and O–H groups in total. The number of nitrogens with zero attached hydrogens (tertiary/aromatic N) is 2. The van der Waals surface area contributed by atoms with Gasteiger partial charge in [0.25, 0.3) is 0 Å². The fraction of sp³-hybridized carbons (Fsp3) is 0.611.